The second-order valence-electron chi connectivity index (χ2n) is 5.61. The lowest BCUT2D eigenvalue weighted by molar-refractivity contribution is -0.124. The maximum absolute atomic E-state index is 11.9. The summed E-state index contributed by atoms with van der Waals surface area (Å²) in [7, 11) is 0. The van der Waals surface area contributed by atoms with E-state index in [0.29, 0.717) is 26.2 Å². The van der Waals surface area contributed by atoms with Crippen molar-refractivity contribution in [2.24, 2.45) is 0 Å². The van der Waals surface area contributed by atoms with Crippen molar-refractivity contribution >= 4 is 11.8 Å². The van der Waals surface area contributed by atoms with Crippen molar-refractivity contribution in [2.75, 3.05) is 13.1 Å². The van der Waals surface area contributed by atoms with E-state index in [9.17, 15) is 9.59 Å². The summed E-state index contributed by atoms with van der Waals surface area (Å²) in [6.45, 7) is 5.79. The lowest BCUT2D eigenvalue weighted by atomic mass is 10.1. The molecule has 0 radical (unpaired) electrons. The molecule has 6 heteroatoms. The molecule has 1 heterocycles. The van der Waals surface area contributed by atoms with E-state index in [4.69, 9.17) is 0 Å². The molecular formula is C16H24N4O2. The molecule has 0 saturated carbocycles. The smallest absolute Gasteiger partial charge is 0.236 e. The minimum absolute atomic E-state index is 0.0635. The molecule has 1 aromatic rings. The standard InChI is InChI=1S/C16H24N4O2/c1-11-15(21)17-6-7-18-16(22)12(2)20-10-14-5-3-4-13(8-14)9-19-11/h3-5,8,11-12,19-20H,6-7,9-10H2,1-2H3,(H,17,21)(H,18,22)/t11-,12-/m0/s1. The Kier molecular flexibility index (Phi) is 5.91. The second-order valence-corrected chi connectivity index (χ2v) is 5.61. The number of rotatable bonds is 0. The third-order valence-corrected chi connectivity index (χ3v) is 3.73. The lowest BCUT2D eigenvalue weighted by Gasteiger charge is -2.15. The van der Waals surface area contributed by atoms with Crippen molar-refractivity contribution in [1.82, 2.24) is 21.3 Å². The minimum atomic E-state index is -0.276. The van der Waals surface area contributed by atoms with Gasteiger partial charge in [0.2, 0.25) is 11.8 Å². The molecule has 0 aromatic heterocycles. The van der Waals surface area contributed by atoms with Crippen molar-refractivity contribution in [3.8, 4) is 0 Å². The molecule has 2 amide bonds. The molecule has 1 aliphatic heterocycles. The van der Waals surface area contributed by atoms with Gasteiger partial charge in [0.15, 0.2) is 0 Å². The Morgan fingerprint density at radius 3 is 1.77 bits per heavy atom. The van der Waals surface area contributed by atoms with Crippen LogP contribution in [0.2, 0.25) is 0 Å². The van der Waals surface area contributed by atoms with Gasteiger partial charge in [0, 0.05) is 26.2 Å². The van der Waals surface area contributed by atoms with Crippen LogP contribution in [-0.2, 0) is 22.7 Å². The molecule has 0 saturated heterocycles. The van der Waals surface area contributed by atoms with Crippen LogP contribution < -0.4 is 21.3 Å². The summed E-state index contributed by atoms with van der Waals surface area (Å²) in [5.74, 6) is -0.127. The lowest BCUT2D eigenvalue weighted by Crippen LogP contribution is -2.46. The molecule has 22 heavy (non-hydrogen) atoms. The summed E-state index contributed by atoms with van der Waals surface area (Å²) in [5.41, 5.74) is 2.23. The SMILES string of the molecule is C[C@@H]1NCc2cccc(c2)CN[C@@H](C)C(=O)NCCNC1=O. The van der Waals surface area contributed by atoms with Crippen LogP contribution in [0.25, 0.3) is 0 Å². The predicted octanol–water partition coefficient (Wildman–Crippen LogP) is -0.111. The Hall–Kier alpha value is -1.92. The van der Waals surface area contributed by atoms with Crippen LogP contribution in [0, 0.1) is 0 Å². The molecule has 0 unspecified atom stereocenters. The average Bonchev–Trinajstić information content (AvgIpc) is 2.53. The van der Waals surface area contributed by atoms with Crippen molar-refractivity contribution in [2.45, 2.75) is 39.0 Å². The molecule has 2 atom stereocenters. The number of carbonyl (C=O) groups is 2. The van der Waals surface area contributed by atoms with E-state index in [1.807, 2.05) is 32.0 Å². The highest BCUT2D eigenvalue weighted by Crippen LogP contribution is 2.06. The quantitative estimate of drug-likeness (QED) is 0.539. The first-order chi connectivity index (χ1) is 10.6. The number of hydrogen-bond donors (Lipinski definition) is 4. The first-order valence-electron chi connectivity index (χ1n) is 7.66. The van der Waals surface area contributed by atoms with Crippen LogP contribution in [0.1, 0.15) is 25.0 Å². The van der Waals surface area contributed by atoms with Gasteiger partial charge >= 0.3 is 0 Å². The minimum Gasteiger partial charge on any atom is -0.353 e. The highest BCUT2D eigenvalue weighted by atomic mass is 16.2. The van der Waals surface area contributed by atoms with E-state index >= 15 is 0 Å². The van der Waals surface area contributed by atoms with Gasteiger partial charge in [-0.15, -0.1) is 0 Å². The maximum atomic E-state index is 11.9. The normalized spacial score (nSPS) is 24.6. The summed E-state index contributed by atoms with van der Waals surface area (Å²) in [5, 5.41) is 12.0. The highest BCUT2D eigenvalue weighted by molar-refractivity contribution is 5.82. The molecule has 1 aromatic carbocycles. The van der Waals surface area contributed by atoms with Gasteiger partial charge in [-0.3, -0.25) is 9.59 Å². The number of benzene rings is 1. The number of amides is 2. The summed E-state index contributed by atoms with van der Waals surface area (Å²) >= 11 is 0. The van der Waals surface area contributed by atoms with Gasteiger partial charge in [-0.2, -0.15) is 0 Å². The molecule has 0 fully saturated rings. The van der Waals surface area contributed by atoms with E-state index in [1.165, 1.54) is 0 Å². The van der Waals surface area contributed by atoms with E-state index in [1.54, 1.807) is 0 Å². The molecule has 0 spiro atoms. The topological polar surface area (TPSA) is 82.3 Å². The molecule has 6 nitrogen and oxygen atoms in total. The van der Waals surface area contributed by atoms with Crippen molar-refractivity contribution in [1.29, 1.82) is 0 Å². The first kappa shape index (κ1) is 16.5. The Morgan fingerprint density at radius 2 is 1.32 bits per heavy atom. The third kappa shape index (κ3) is 4.82. The maximum Gasteiger partial charge on any atom is 0.236 e. The Balaban J connectivity index is 2.09. The Bertz CT molecular complexity index is 489. The molecule has 4 N–H and O–H groups in total. The van der Waals surface area contributed by atoms with Crippen molar-refractivity contribution in [3.05, 3.63) is 35.4 Å². The molecule has 1 aliphatic rings. The van der Waals surface area contributed by atoms with Gasteiger partial charge in [0.05, 0.1) is 12.1 Å². The Labute approximate surface area is 131 Å². The number of carbonyl (C=O) groups excluding carboxylic acids is 2. The number of hydrogen-bond acceptors (Lipinski definition) is 4. The van der Waals surface area contributed by atoms with Gasteiger partial charge in [-0.05, 0) is 25.0 Å². The zero-order valence-corrected chi connectivity index (χ0v) is 13.1. The van der Waals surface area contributed by atoms with Crippen molar-refractivity contribution < 1.29 is 9.59 Å². The number of nitrogens with one attached hydrogen (secondary N) is 4. The van der Waals surface area contributed by atoms with Gasteiger partial charge in [-0.25, -0.2) is 0 Å². The van der Waals surface area contributed by atoms with E-state index in [0.717, 1.165) is 11.1 Å². The molecule has 2 rings (SSSR count). The first-order valence-corrected chi connectivity index (χ1v) is 7.66. The fourth-order valence-corrected chi connectivity index (χ4v) is 2.25. The van der Waals surface area contributed by atoms with E-state index < -0.39 is 0 Å². The highest BCUT2D eigenvalue weighted by Gasteiger charge is 2.14. The van der Waals surface area contributed by atoms with Crippen LogP contribution in [0.3, 0.4) is 0 Å². The summed E-state index contributed by atoms with van der Waals surface area (Å²) in [6.07, 6.45) is 0. The monoisotopic (exact) mass is 304 g/mol. The zero-order chi connectivity index (χ0) is 15.9. The molecule has 2 bridgehead atoms. The van der Waals surface area contributed by atoms with Crippen LogP contribution in [-0.4, -0.2) is 37.0 Å². The van der Waals surface area contributed by atoms with Crippen LogP contribution >= 0.6 is 0 Å². The fourth-order valence-electron chi connectivity index (χ4n) is 2.25. The molecular weight excluding hydrogens is 280 g/mol. The summed E-state index contributed by atoms with van der Waals surface area (Å²) in [6, 6.07) is 7.56. The predicted molar refractivity (Wildman–Crippen MR) is 85.1 cm³/mol. The van der Waals surface area contributed by atoms with Crippen molar-refractivity contribution in [3.63, 3.8) is 0 Å². The van der Waals surface area contributed by atoms with Crippen LogP contribution in [0.5, 0.6) is 0 Å². The fraction of sp³-hybridized carbons (Fsp3) is 0.500. The van der Waals surface area contributed by atoms with Crippen LogP contribution in [0.15, 0.2) is 24.3 Å². The Morgan fingerprint density at radius 1 is 0.864 bits per heavy atom. The summed E-state index contributed by atoms with van der Waals surface area (Å²) < 4.78 is 0. The average molecular weight is 304 g/mol. The molecule has 0 aliphatic carbocycles. The molecule has 120 valence electrons. The number of fused-ring (bicyclic) bond motifs is 2. The summed E-state index contributed by atoms with van der Waals surface area (Å²) in [4.78, 5) is 23.8. The van der Waals surface area contributed by atoms with E-state index in [2.05, 4.69) is 27.3 Å². The second kappa shape index (κ2) is 7.91. The van der Waals surface area contributed by atoms with Gasteiger partial charge in [-0.1, -0.05) is 24.3 Å². The van der Waals surface area contributed by atoms with Crippen LogP contribution in [0.4, 0.5) is 0 Å². The van der Waals surface area contributed by atoms with Gasteiger partial charge < -0.3 is 21.3 Å². The third-order valence-electron chi connectivity index (χ3n) is 3.73. The van der Waals surface area contributed by atoms with Gasteiger partial charge in [0.1, 0.15) is 0 Å². The van der Waals surface area contributed by atoms with E-state index in [-0.39, 0.29) is 23.9 Å². The zero-order valence-electron chi connectivity index (χ0n) is 13.1. The van der Waals surface area contributed by atoms with Gasteiger partial charge in [0.25, 0.3) is 0 Å². The largest absolute Gasteiger partial charge is 0.353 e.